The Morgan fingerprint density at radius 2 is 2.24 bits per heavy atom. The van der Waals surface area contributed by atoms with Crippen molar-refractivity contribution in [1.29, 1.82) is 0 Å². The van der Waals surface area contributed by atoms with E-state index in [0.717, 1.165) is 0 Å². The molecule has 0 saturated heterocycles. The summed E-state index contributed by atoms with van der Waals surface area (Å²) in [7, 11) is 0. The van der Waals surface area contributed by atoms with Gasteiger partial charge in [-0.2, -0.15) is 0 Å². The molecule has 0 saturated carbocycles. The molecule has 0 bridgehead atoms. The Morgan fingerprint density at radius 3 is 2.88 bits per heavy atom. The first-order valence-electron chi connectivity index (χ1n) is 5.08. The van der Waals surface area contributed by atoms with E-state index in [1.54, 1.807) is 31.2 Å². The van der Waals surface area contributed by atoms with Gasteiger partial charge in [-0.05, 0) is 36.8 Å². The van der Waals surface area contributed by atoms with E-state index in [2.05, 4.69) is 5.32 Å². The largest absolute Gasteiger partial charge is 0.392 e. The molecule has 1 atom stereocenters. The molecule has 0 fully saturated rings. The number of halogens is 2. The minimum absolute atomic E-state index is 0.215. The maximum atomic E-state index is 11.3. The quantitative estimate of drug-likeness (QED) is 0.829. The van der Waals surface area contributed by atoms with E-state index in [-0.39, 0.29) is 12.5 Å². The molecule has 0 radical (unpaired) electrons. The standard InChI is InChI=1S/C12H13Cl2NO2/c1-8(16)7-15-12(17)5-2-9-6-10(13)3-4-11(9)14/h2-6,8,16H,7H2,1H3,(H,15,17)/b5-2+. The lowest BCUT2D eigenvalue weighted by atomic mass is 10.2. The zero-order valence-electron chi connectivity index (χ0n) is 9.28. The summed E-state index contributed by atoms with van der Waals surface area (Å²) in [6, 6.07) is 5.01. The molecular formula is C12H13Cl2NO2. The molecule has 0 aromatic heterocycles. The molecule has 1 rings (SSSR count). The lowest BCUT2D eigenvalue weighted by Crippen LogP contribution is -2.28. The van der Waals surface area contributed by atoms with Crippen LogP contribution in [0, 0.1) is 0 Å². The van der Waals surface area contributed by atoms with Crippen LogP contribution >= 0.6 is 23.2 Å². The zero-order valence-corrected chi connectivity index (χ0v) is 10.8. The van der Waals surface area contributed by atoms with Crippen LogP contribution in [0.5, 0.6) is 0 Å². The fourth-order valence-electron chi connectivity index (χ4n) is 1.12. The van der Waals surface area contributed by atoms with Gasteiger partial charge in [0, 0.05) is 22.7 Å². The van der Waals surface area contributed by atoms with Crippen molar-refractivity contribution in [2.24, 2.45) is 0 Å². The van der Waals surface area contributed by atoms with Gasteiger partial charge in [0.05, 0.1) is 6.10 Å². The summed E-state index contributed by atoms with van der Waals surface area (Å²) in [6.07, 6.45) is 2.35. The number of carbonyl (C=O) groups is 1. The smallest absolute Gasteiger partial charge is 0.244 e. The third kappa shape index (κ3) is 5.22. The third-order valence-corrected chi connectivity index (χ3v) is 2.52. The molecule has 0 aliphatic carbocycles. The average molecular weight is 274 g/mol. The fourth-order valence-corrected chi connectivity index (χ4v) is 1.48. The molecule has 0 spiro atoms. The summed E-state index contributed by atoms with van der Waals surface area (Å²) in [5, 5.41) is 12.6. The summed E-state index contributed by atoms with van der Waals surface area (Å²) in [5.41, 5.74) is 0.673. The fraction of sp³-hybridized carbons (Fsp3) is 0.250. The van der Waals surface area contributed by atoms with Crippen LogP contribution < -0.4 is 5.32 Å². The second-order valence-electron chi connectivity index (χ2n) is 3.59. The Labute approximate surface area is 110 Å². The van der Waals surface area contributed by atoms with Crippen LogP contribution in [0.3, 0.4) is 0 Å². The van der Waals surface area contributed by atoms with E-state index < -0.39 is 6.10 Å². The number of hydrogen-bond acceptors (Lipinski definition) is 2. The molecule has 3 nitrogen and oxygen atoms in total. The number of benzene rings is 1. The van der Waals surface area contributed by atoms with Gasteiger partial charge in [0.15, 0.2) is 0 Å². The second kappa shape index (κ2) is 6.64. The van der Waals surface area contributed by atoms with Crippen molar-refractivity contribution in [2.45, 2.75) is 13.0 Å². The van der Waals surface area contributed by atoms with Crippen LogP contribution in [0.15, 0.2) is 24.3 Å². The van der Waals surface area contributed by atoms with Gasteiger partial charge in [0.2, 0.25) is 5.91 Å². The first-order valence-corrected chi connectivity index (χ1v) is 5.83. The van der Waals surface area contributed by atoms with Gasteiger partial charge in [-0.1, -0.05) is 23.2 Å². The topological polar surface area (TPSA) is 49.3 Å². The van der Waals surface area contributed by atoms with Crippen molar-refractivity contribution in [3.05, 3.63) is 39.9 Å². The van der Waals surface area contributed by atoms with Gasteiger partial charge in [0.25, 0.3) is 0 Å². The predicted octanol–water partition coefficient (Wildman–Crippen LogP) is 2.50. The molecule has 1 aromatic rings. The highest BCUT2D eigenvalue weighted by Crippen LogP contribution is 2.21. The van der Waals surface area contributed by atoms with E-state index in [0.29, 0.717) is 15.6 Å². The van der Waals surface area contributed by atoms with Gasteiger partial charge < -0.3 is 10.4 Å². The summed E-state index contributed by atoms with van der Waals surface area (Å²) < 4.78 is 0. The monoisotopic (exact) mass is 273 g/mol. The molecule has 1 aromatic carbocycles. The SMILES string of the molecule is CC(O)CNC(=O)/C=C/c1cc(Cl)ccc1Cl. The van der Waals surface area contributed by atoms with E-state index in [1.165, 1.54) is 6.08 Å². The van der Waals surface area contributed by atoms with Crippen LogP contribution in [-0.2, 0) is 4.79 Å². The highest BCUT2D eigenvalue weighted by atomic mass is 35.5. The maximum Gasteiger partial charge on any atom is 0.244 e. The zero-order chi connectivity index (χ0) is 12.8. The van der Waals surface area contributed by atoms with E-state index in [9.17, 15) is 4.79 Å². The minimum atomic E-state index is -0.567. The van der Waals surface area contributed by atoms with Crippen molar-refractivity contribution < 1.29 is 9.90 Å². The number of nitrogens with one attached hydrogen (secondary N) is 1. The van der Waals surface area contributed by atoms with Crippen molar-refractivity contribution in [2.75, 3.05) is 6.54 Å². The Bertz CT molecular complexity index is 431. The number of rotatable bonds is 4. The molecule has 1 amide bonds. The molecule has 17 heavy (non-hydrogen) atoms. The molecule has 0 heterocycles. The molecule has 5 heteroatoms. The summed E-state index contributed by atoms with van der Waals surface area (Å²) >= 11 is 11.7. The van der Waals surface area contributed by atoms with Crippen molar-refractivity contribution in [3.63, 3.8) is 0 Å². The number of amides is 1. The minimum Gasteiger partial charge on any atom is -0.392 e. The van der Waals surface area contributed by atoms with Crippen molar-refractivity contribution in [1.82, 2.24) is 5.32 Å². The van der Waals surface area contributed by atoms with Crippen molar-refractivity contribution in [3.8, 4) is 0 Å². The number of carbonyl (C=O) groups excluding carboxylic acids is 1. The predicted molar refractivity (Wildman–Crippen MR) is 70.2 cm³/mol. The lowest BCUT2D eigenvalue weighted by molar-refractivity contribution is -0.116. The normalized spacial score (nSPS) is 12.7. The Morgan fingerprint density at radius 1 is 1.53 bits per heavy atom. The Hall–Kier alpha value is -1.03. The van der Waals surface area contributed by atoms with Gasteiger partial charge in [-0.15, -0.1) is 0 Å². The molecule has 0 aliphatic rings. The Kier molecular flexibility index (Phi) is 5.48. The number of aliphatic hydroxyl groups excluding tert-OH is 1. The van der Waals surface area contributed by atoms with Crippen LogP contribution in [0.1, 0.15) is 12.5 Å². The van der Waals surface area contributed by atoms with Crippen LogP contribution in [0.25, 0.3) is 6.08 Å². The highest BCUT2D eigenvalue weighted by Gasteiger charge is 2.00. The Balaban J connectivity index is 2.64. The van der Waals surface area contributed by atoms with Crippen molar-refractivity contribution >= 4 is 35.2 Å². The maximum absolute atomic E-state index is 11.3. The lowest BCUT2D eigenvalue weighted by Gasteiger charge is -2.04. The van der Waals surface area contributed by atoms with Gasteiger partial charge in [-0.25, -0.2) is 0 Å². The molecule has 0 aliphatic heterocycles. The second-order valence-corrected chi connectivity index (χ2v) is 4.44. The molecule has 1 unspecified atom stereocenters. The number of hydrogen-bond donors (Lipinski definition) is 2. The highest BCUT2D eigenvalue weighted by molar-refractivity contribution is 6.34. The molecule has 2 N–H and O–H groups in total. The van der Waals surface area contributed by atoms with E-state index in [4.69, 9.17) is 28.3 Å². The van der Waals surface area contributed by atoms with Crippen LogP contribution in [0.2, 0.25) is 10.0 Å². The first-order chi connectivity index (χ1) is 7.99. The summed E-state index contributed by atoms with van der Waals surface area (Å²) in [5.74, 6) is -0.290. The van der Waals surface area contributed by atoms with E-state index >= 15 is 0 Å². The number of aliphatic hydroxyl groups is 1. The van der Waals surface area contributed by atoms with Gasteiger partial charge >= 0.3 is 0 Å². The van der Waals surface area contributed by atoms with Crippen LogP contribution in [-0.4, -0.2) is 23.7 Å². The van der Waals surface area contributed by atoms with Gasteiger partial charge in [0.1, 0.15) is 0 Å². The van der Waals surface area contributed by atoms with Gasteiger partial charge in [-0.3, -0.25) is 4.79 Å². The van der Waals surface area contributed by atoms with E-state index in [1.807, 2.05) is 0 Å². The molecule has 92 valence electrons. The summed E-state index contributed by atoms with van der Waals surface area (Å²) in [6.45, 7) is 1.81. The summed E-state index contributed by atoms with van der Waals surface area (Å²) in [4.78, 5) is 11.3. The average Bonchev–Trinajstić information content (AvgIpc) is 2.27. The molecular weight excluding hydrogens is 261 g/mol. The van der Waals surface area contributed by atoms with Crippen LogP contribution in [0.4, 0.5) is 0 Å². The first kappa shape index (κ1) is 14.0. The third-order valence-electron chi connectivity index (χ3n) is 1.94.